The van der Waals surface area contributed by atoms with Gasteiger partial charge >= 0.3 is 0 Å². The summed E-state index contributed by atoms with van der Waals surface area (Å²) in [4.78, 5) is 0. The van der Waals surface area contributed by atoms with Crippen molar-refractivity contribution in [3.8, 4) is 0 Å². The van der Waals surface area contributed by atoms with Crippen LogP contribution in [0.1, 0.15) is 89.9 Å². The summed E-state index contributed by atoms with van der Waals surface area (Å²) in [5, 5.41) is -1.41. The minimum absolute atomic E-state index is 0.801. The van der Waals surface area contributed by atoms with Gasteiger partial charge < -0.3 is 0 Å². The highest BCUT2D eigenvalue weighted by Crippen LogP contribution is 2.65. The zero-order valence-electron chi connectivity index (χ0n) is 12.4. The monoisotopic (exact) mass is 318 g/mol. The van der Waals surface area contributed by atoms with E-state index in [1.807, 2.05) is 0 Å². The van der Waals surface area contributed by atoms with Crippen molar-refractivity contribution >= 4 is 29.3 Å². The first kappa shape index (κ1) is 16.4. The van der Waals surface area contributed by atoms with E-state index in [4.69, 9.17) is 24.1 Å². The quantitative estimate of drug-likeness (QED) is 0.446. The van der Waals surface area contributed by atoms with E-state index >= 15 is 0 Å². The van der Waals surface area contributed by atoms with E-state index < -0.39 is 5.24 Å². The van der Waals surface area contributed by atoms with Crippen LogP contribution in [0.15, 0.2) is 0 Å². The van der Waals surface area contributed by atoms with Gasteiger partial charge in [-0.1, -0.05) is 76.0 Å². The number of hydrogen-bond acceptors (Lipinski definition) is 1. The standard InChI is InChI=1S/C16H31PS2/c18-17(19,15-11-7-3-1-4-8-12-15)16-13-9-5-2-6-10-14-16/h15-16H,1-14H2,(H,18,19). The fourth-order valence-electron chi connectivity index (χ4n) is 3.91. The summed E-state index contributed by atoms with van der Waals surface area (Å²) in [5.74, 6) is 0. The van der Waals surface area contributed by atoms with Crippen molar-refractivity contribution in [2.45, 2.75) is 101 Å². The Balaban J connectivity index is 1.98. The SMILES string of the molecule is S=P(S)(C1CCCCCCC1)C1CCCCCCC1. The van der Waals surface area contributed by atoms with E-state index in [0.717, 1.165) is 11.3 Å². The lowest BCUT2D eigenvalue weighted by atomic mass is 10.00. The maximum absolute atomic E-state index is 6.17. The molecule has 3 heteroatoms. The number of thiol groups is 1. The topological polar surface area (TPSA) is 0 Å². The summed E-state index contributed by atoms with van der Waals surface area (Å²) in [7, 11) is 0. The molecule has 2 fully saturated rings. The van der Waals surface area contributed by atoms with Gasteiger partial charge in [-0.2, -0.15) is 0 Å². The van der Waals surface area contributed by atoms with Crippen molar-refractivity contribution < 1.29 is 0 Å². The second kappa shape index (κ2) is 8.44. The highest BCUT2D eigenvalue weighted by molar-refractivity contribution is 8.63. The van der Waals surface area contributed by atoms with Crippen LogP contribution in [0.3, 0.4) is 0 Å². The first-order valence-electron chi connectivity index (χ1n) is 8.53. The molecule has 2 rings (SSSR count). The summed E-state index contributed by atoms with van der Waals surface area (Å²) in [6.07, 6.45) is 19.8. The third kappa shape index (κ3) is 5.04. The molecule has 0 amide bonds. The van der Waals surface area contributed by atoms with Gasteiger partial charge in [0.15, 0.2) is 0 Å². The van der Waals surface area contributed by atoms with Gasteiger partial charge in [-0.15, -0.1) is 12.2 Å². The van der Waals surface area contributed by atoms with Crippen LogP contribution in [0.5, 0.6) is 0 Å². The molecule has 0 N–H and O–H groups in total. The van der Waals surface area contributed by atoms with Gasteiger partial charge in [0, 0.05) is 5.24 Å². The summed E-state index contributed by atoms with van der Waals surface area (Å²) >= 11 is 11.3. The molecular weight excluding hydrogens is 287 g/mol. The molecule has 0 aromatic carbocycles. The van der Waals surface area contributed by atoms with Gasteiger partial charge in [0.05, 0.1) is 0 Å². The molecule has 0 radical (unpaired) electrons. The van der Waals surface area contributed by atoms with Crippen LogP contribution < -0.4 is 0 Å². The molecule has 0 atom stereocenters. The lowest BCUT2D eigenvalue weighted by Crippen LogP contribution is -2.18. The minimum Gasteiger partial charge on any atom is -0.140 e. The molecule has 0 heterocycles. The normalized spacial score (nSPS) is 26.2. The second-order valence-corrected chi connectivity index (χ2v) is 14.1. The lowest BCUT2D eigenvalue weighted by molar-refractivity contribution is 0.492. The average Bonchev–Trinajstić information content (AvgIpc) is 2.26. The van der Waals surface area contributed by atoms with E-state index in [9.17, 15) is 0 Å². The molecule has 0 aliphatic heterocycles. The highest BCUT2D eigenvalue weighted by Gasteiger charge is 2.32. The maximum Gasteiger partial charge on any atom is 0.00931 e. The molecule has 2 aliphatic carbocycles. The molecule has 19 heavy (non-hydrogen) atoms. The fraction of sp³-hybridized carbons (Fsp3) is 1.00. The Labute approximate surface area is 130 Å². The zero-order chi connectivity index (χ0) is 13.6. The van der Waals surface area contributed by atoms with E-state index in [1.54, 1.807) is 0 Å². The number of rotatable bonds is 2. The van der Waals surface area contributed by atoms with Crippen molar-refractivity contribution in [3.05, 3.63) is 0 Å². The van der Waals surface area contributed by atoms with Crippen LogP contribution >= 0.6 is 17.5 Å². The third-order valence-corrected chi connectivity index (χ3v) is 12.1. The van der Waals surface area contributed by atoms with Crippen LogP contribution in [0.25, 0.3) is 0 Å². The molecule has 0 nitrogen and oxygen atoms in total. The molecule has 2 saturated carbocycles. The first-order valence-corrected chi connectivity index (χ1v) is 12.6. The van der Waals surface area contributed by atoms with Gasteiger partial charge in [-0.05, 0) is 37.0 Å². The molecule has 0 unspecified atom stereocenters. The van der Waals surface area contributed by atoms with Crippen LogP contribution in [-0.4, -0.2) is 11.3 Å². The Morgan fingerprint density at radius 3 is 1.16 bits per heavy atom. The van der Waals surface area contributed by atoms with Crippen LogP contribution in [0.2, 0.25) is 0 Å². The average molecular weight is 319 g/mol. The number of hydrogen-bond donors (Lipinski definition) is 1. The van der Waals surface area contributed by atoms with Crippen molar-refractivity contribution in [2.24, 2.45) is 0 Å². The van der Waals surface area contributed by atoms with Crippen LogP contribution in [0.4, 0.5) is 0 Å². The summed E-state index contributed by atoms with van der Waals surface area (Å²) in [5.41, 5.74) is 1.60. The Hall–Kier alpha value is 1.00. The fourth-order valence-corrected chi connectivity index (χ4v) is 9.36. The van der Waals surface area contributed by atoms with E-state index in [0.29, 0.717) is 0 Å². The highest BCUT2D eigenvalue weighted by atomic mass is 32.9. The summed E-state index contributed by atoms with van der Waals surface area (Å²) in [6, 6.07) is 0. The molecule has 112 valence electrons. The zero-order valence-corrected chi connectivity index (χ0v) is 15.0. The van der Waals surface area contributed by atoms with E-state index in [-0.39, 0.29) is 0 Å². The molecular formula is C16H31PS2. The van der Waals surface area contributed by atoms with Crippen molar-refractivity contribution in [1.82, 2.24) is 0 Å². The summed E-state index contributed by atoms with van der Waals surface area (Å²) in [6.45, 7) is 0. The largest absolute Gasteiger partial charge is 0.140 e. The maximum atomic E-state index is 6.17. The minimum atomic E-state index is -1.41. The molecule has 0 saturated heterocycles. The Morgan fingerprint density at radius 2 is 0.842 bits per heavy atom. The van der Waals surface area contributed by atoms with Crippen LogP contribution in [-0.2, 0) is 11.8 Å². The van der Waals surface area contributed by atoms with Gasteiger partial charge in [0.2, 0.25) is 0 Å². The van der Waals surface area contributed by atoms with Crippen LogP contribution in [0, 0.1) is 0 Å². The smallest absolute Gasteiger partial charge is 0.00931 e. The van der Waals surface area contributed by atoms with Gasteiger partial charge in [-0.3, -0.25) is 0 Å². The van der Waals surface area contributed by atoms with Crippen molar-refractivity contribution in [2.75, 3.05) is 0 Å². The van der Waals surface area contributed by atoms with Gasteiger partial charge in [0.25, 0.3) is 0 Å². The predicted molar refractivity (Wildman–Crippen MR) is 95.5 cm³/mol. The Morgan fingerprint density at radius 1 is 0.579 bits per heavy atom. The Kier molecular flexibility index (Phi) is 7.28. The van der Waals surface area contributed by atoms with Gasteiger partial charge in [0.1, 0.15) is 0 Å². The summed E-state index contributed by atoms with van der Waals surface area (Å²) < 4.78 is 0. The lowest BCUT2D eigenvalue weighted by Gasteiger charge is -2.36. The van der Waals surface area contributed by atoms with E-state index in [2.05, 4.69) is 0 Å². The van der Waals surface area contributed by atoms with Crippen molar-refractivity contribution in [1.29, 1.82) is 0 Å². The molecule has 0 aromatic rings. The van der Waals surface area contributed by atoms with Gasteiger partial charge in [-0.25, -0.2) is 0 Å². The van der Waals surface area contributed by atoms with E-state index in [1.165, 1.54) is 89.9 Å². The predicted octanol–water partition coefficient (Wildman–Crippen LogP) is 6.54. The molecule has 2 aliphatic rings. The van der Waals surface area contributed by atoms with Crippen molar-refractivity contribution in [3.63, 3.8) is 0 Å². The molecule has 0 bridgehead atoms. The molecule has 0 aromatic heterocycles. The first-order chi connectivity index (χ1) is 9.21. The Bertz CT molecular complexity index is 261. The molecule has 0 spiro atoms. The second-order valence-electron chi connectivity index (χ2n) is 6.67. The third-order valence-electron chi connectivity index (χ3n) is 5.20.